The van der Waals surface area contributed by atoms with Crippen LogP contribution in [0.3, 0.4) is 0 Å². The molecule has 0 fully saturated rings. The lowest BCUT2D eigenvalue weighted by atomic mass is 9.86. The van der Waals surface area contributed by atoms with Crippen LogP contribution in [0.2, 0.25) is 0 Å². The predicted molar refractivity (Wildman–Crippen MR) is 93.9 cm³/mol. The molecule has 1 nitrogen and oxygen atoms in total. The average Bonchev–Trinajstić information content (AvgIpc) is 2.51. The number of alkyl halides is 1. The van der Waals surface area contributed by atoms with Gasteiger partial charge in [0.1, 0.15) is 5.75 Å². The summed E-state index contributed by atoms with van der Waals surface area (Å²) in [5.74, 6) is 0.896. The summed E-state index contributed by atoms with van der Waals surface area (Å²) in [5, 5.41) is 0. The van der Waals surface area contributed by atoms with Crippen LogP contribution < -0.4 is 4.74 Å². The van der Waals surface area contributed by atoms with Crippen LogP contribution in [0, 0.1) is 34.6 Å². The van der Waals surface area contributed by atoms with Crippen molar-refractivity contribution in [3.05, 3.63) is 63.2 Å². The van der Waals surface area contributed by atoms with Gasteiger partial charge in [0.15, 0.2) is 0 Å². The first-order chi connectivity index (χ1) is 9.88. The second kappa shape index (κ2) is 6.23. The molecule has 0 aliphatic rings. The van der Waals surface area contributed by atoms with Crippen molar-refractivity contribution in [3.8, 4) is 5.75 Å². The summed E-state index contributed by atoms with van der Waals surface area (Å²) in [6.07, 6.45) is 0. The minimum absolute atomic E-state index is 0.186. The summed E-state index contributed by atoms with van der Waals surface area (Å²) < 4.78 is 5.35. The van der Waals surface area contributed by atoms with E-state index in [0.717, 1.165) is 5.75 Å². The zero-order valence-electron chi connectivity index (χ0n) is 13.7. The van der Waals surface area contributed by atoms with Crippen LogP contribution in [0.25, 0.3) is 0 Å². The maximum atomic E-state index is 5.35. The summed E-state index contributed by atoms with van der Waals surface area (Å²) in [4.78, 5) is 0.186. The van der Waals surface area contributed by atoms with E-state index in [-0.39, 0.29) is 4.83 Å². The molecule has 2 aromatic carbocycles. The van der Waals surface area contributed by atoms with Gasteiger partial charge in [-0.1, -0.05) is 28.1 Å². The van der Waals surface area contributed by atoms with Gasteiger partial charge in [0, 0.05) is 0 Å². The molecule has 112 valence electrons. The van der Waals surface area contributed by atoms with Crippen molar-refractivity contribution in [1.29, 1.82) is 0 Å². The molecule has 0 saturated carbocycles. The lowest BCUT2D eigenvalue weighted by Crippen LogP contribution is -2.05. The summed E-state index contributed by atoms with van der Waals surface area (Å²) >= 11 is 3.90. The molecule has 2 heteroatoms. The largest absolute Gasteiger partial charge is 0.497 e. The van der Waals surface area contributed by atoms with Gasteiger partial charge in [0.25, 0.3) is 0 Å². The van der Waals surface area contributed by atoms with Crippen LogP contribution in [0.15, 0.2) is 24.3 Å². The van der Waals surface area contributed by atoms with E-state index in [1.54, 1.807) is 7.11 Å². The number of halogens is 1. The summed E-state index contributed by atoms with van der Waals surface area (Å²) in [6.45, 7) is 11.1. The highest BCUT2D eigenvalue weighted by Crippen LogP contribution is 2.39. The minimum Gasteiger partial charge on any atom is -0.497 e. The second-order valence-electron chi connectivity index (χ2n) is 5.68. The van der Waals surface area contributed by atoms with Gasteiger partial charge in [-0.2, -0.15) is 0 Å². The lowest BCUT2D eigenvalue weighted by Gasteiger charge is -2.23. The van der Waals surface area contributed by atoms with E-state index in [0.29, 0.717) is 0 Å². The first-order valence-electron chi connectivity index (χ1n) is 7.23. The Balaban J connectivity index is 2.60. The van der Waals surface area contributed by atoms with Gasteiger partial charge in [-0.3, -0.25) is 0 Å². The molecule has 0 aliphatic carbocycles. The van der Waals surface area contributed by atoms with E-state index in [9.17, 15) is 0 Å². The lowest BCUT2D eigenvalue weighted by molar-refractivity contribution is 0.414. The fourth-order valence-corrected chi connectivity index (χ4v) is 3.85. The maximum Gasteiger partial charge on any atom is 0.119 e. The third-order valence-corrected chi connectivity index (χ3v) is 5.68. The Labute approximate surface area is 136 Å². The Morgan fingerprint density at radius 2 is 1.38 bits per heavy atom. The molecule has 0 N–H and O–H groups in total. The quantitative estimate of drug-likeness (QED) is 0.645. The van der Waals surface area contributed by atoms with E-state index < -0.39 is 0 Å². The van der Waals surface area contributed by atoms with Crippen LogP contribution in [-0.4, -0.2) is 7.11 Å². The third-order valence-electron chi connectivity index (χ3n) is 4.70. The number of hydrogen-bond acceptors (Lipinski definition) is 1. The molecule has 0 saturated heterocycles. The Hall–Kier alpha value is -1.28. The van der Waals surface area contributed by atoms with Crippen LogP contribution in [0.5, 0.6) is 5.75 Å². The van der Waals surface area contributed by atoms with Crippen molar-refractivity contribution in [2.45, 2.75) is 39.4 Å². The highest BCUT2D eigenvalue weighted by molar-refractivity contribution is 9.09. The maximum absolute atomic E-state index is 5.35. The van der Waals surface area contributed by atoms with Crippen LogP contribution in [0.4, 0.5) is 0 Å². The topological polar surface area (TPSA) is 9.23 Å². The molecule has 2 rings (SSSR count). The fourth-order valence-electron chi connectivity index (χ4n) is 2.88. The number of methoxy groups -OCH3 is 1. The zero-order chi connectivity index (χ0) is 15.7. The highest BCUT2D eigenvalue weighted by atomic mass is 79.9. The van der Waals surface area contributed by atoms with Gasteiger partial charge in [-0.05, 0) is 85.7 Å². The van der Waals surface area contributed by atoms with Crippen molar-refractivity contribution < 1.29 is 4.74 Å². The van der Waals surface area contributed by atoms with Crippen molar-refractivity contribution in [2.75, 3.05) is 7.11 Å². The molecule has 1 atom stereocenters. The van der Waals surface area contributed by atoms with E-state index in [2.05, 4.69) is 62.7 Å². The van der Waals surface area contributed by atoms with Gasteiger partial charge in [-0.25, -0.2) is 0 Å². The molecule has 0 aromatic heterocycles. The Morgan fingerprint density at radius 1 is 0.857 bits per heavy atom. The van der Waals surface area contributed by atoms with E-state index in [1.165, 1.54) is 38.9 Å². The van der Waals surface area contributed by atoms with E-state index in [1.807, 2.05) is 12.1 Å². The van der Waals surface area contributed by atoms with Gasteiger partial charge in [-0.15, -0.1) is 0 Å². The number of ether oxygens (including phenoxy) is 1. The van der Waals surface area contributed by atoms with Gasteiger partial charge in [0.2, 0.25) is 0 Å². The summed E-state index contributed by atoms with van der Waals surface area (Å²) in [5.41, 5.74) is 9.53. The number of hydrogen-bond donors (Lipinski definition) is 0. The Bertz CT molecular complexity index is 645. The highest BCUT2D eigenvalue weighted by Gasteiger charge is 2.20. The number of rotatable bonds is 3. The van der Waals surface area contributed by atoms with Crippen molar-refractivity contribution in [2.24, 2.45) is 0 Å². The Morgan fingerprint density at radius 3 is 1.90 bits per heavy atom. The molecule has 0 aliphatic heterocycles. The third kappa shape index (κ3) is 2.87. The summed E-state index contributed by atoms with van der Waals surface area (Å²) in [7, 11) is 1.71. The molecule has 0 spiro atoms. The van der Waals surface area contributed by atoms with Gasteiger partial charge < -0.3 is 4.74 Å². The molecule has 0 radical (unpaired) electrons. The average molecular weight is 347 g/mol. The molecule has 21 heavy (non-hydrogen) atoms. The SMILES string of the molecule is COc1cccc(C(Br)c2c(C)c(C)c(C)c(C)c2C)c1. The molecular formula is C19H23BrO. The van der Waals surface area contributed by atoms with Crippen LogP contribution in [0.1, 0.15) is 43.8 Å². The molecule has 0 amide bonds. The molecule has 1 unspecified atom stereocenters. The molecule has 0 bridgehead atoms. The van der Waals surface area contributed by atoms with Gasteiger partial charge in [0.05, 0.1) is 11.9 Å². The first-order valence-corrected chi connectivity index (χ1v) is 8.14. The predicted octanol–water partition coefficient (Wildman–Crippen LogP) is 5.72. The normalized spacial score (nSPS) is 12.3. The van der Waals surface area contributed by atoms with Crippen molar-refractivity contribution in [1.82, 2.24) is 0 Å². The number of benzene rings is 2. The molecular weight excluding hydrogens is 324 g/mol. The second-order valence-corrected chi connectivity index (χ2v) is 6.59. The summed E-state index contributed by atoms with van der Waals surface area (Å²) in [6, 6.07) is 8.27. The van der Waals surface area contributed by atoms with E-state index >= 15 is 0 Å². The van der Waals surface area contributed by atoms with Gasteiger partial charge >= 0.3 is 0 Å². The van der Waals surface area contributed by atoms with E-state index in [4.69, 9.17) is 4.74 Å². The standard InChI is InChI=1S/C19H23BrO/c1-11-12(2)14(4)18(15(5)13(11)3)19(20)16-8-7-9-17(10-16)21-6/h7-10,19H,1-6H3. The molecule has 0 heterocycles. The smallest absolute Gasteiger partial charge is 0.119 e. The minimum atomic E-state index is 0.186. The van der Waals surface area contributed by atoms with Crippen LogP contribution >= 0.6 is 15.9 Å². The zero-order valence-corrected chi connectivity index (χ0v) is 15.3. The van der Waals surface area contributed by atoms with Crippen LogP contribution in [-0.2, 0) is 0 Å². The first kappa shape index (κ1) is 16.1. The molecule has 2 aromatic rings. The fraction of sp³-hybridized carbons (Fsp3) is 0.368. The monoisotopic (exact) mass is 346 g/mol. The van der Waals surface area contributed by atoms with Crippen molar-refractivity contribution in [3.63, 3.8) is 0 Å². The van der Waals surface area contributed by atoms with Crippen molar-refractivity contribution >= 4 is 15.9 Å². The Kier molecular flexibility index (Phi) is 4.77.